The fourth-order valence-corrected chi connectivity index (χ4v) is 1.88. The Hall–Kier alpha value is -2.61. The molecule has 76 valence electrons. The van der Waals surface area contributed by atoms with E-state index in [9.17, 15) is 0 Å². The molecule has 0 atom stereocenters. The molecule has 5 heteroatoms. The van der Waals surface area contributed by atoms with Gasteiger partial charge in [0.1, 0.15) is 17.5 Å². The molecule has 0 aliphatic rings. The average Bonchev–Trinajstić information content (AvgIpc) is 2.79. The van der Waals surface area contributed by atoms with E-state index in [1.807, 2.05) is 24.3 Å². The minimum Gasteiger partial charge on any atom is -0.382 e. The summed E-state index contributed by atoms with van der Waals surface area (Å²) in [4.78, 5) is 0. The van der Waals surface area contributed by atoms with Crippen molar-refractivity contribution in [1.29, 1.82) is 5.26 Å². The second-order valence-corrected chi connectivity index (χ2v) is 3.45. The Morgan fingerprint density at radius 3 is 2.75 bits per heavy atom. The van der Waals surface area contributed by atoms with E-state index in [1.165, 1.54) is 4.52 Å². The summed E-state index contributed by atoms with van der Waals surface area (Å²) in [7, 11) is 0. The van der Waals surface area contributed by atoms with Gasteiger partial charge < -0.3 is 5.73 Å². The maximum absolute atomic E-state index is 9.12. The zero-order valence-electron chi connectivity index (χ0n) is 8.25. The van der Waals surface area contributed by atoms with Crippen LogP contribution in [-0.4, -0.2) is 14.8 Å². The van der Waals surface area contributed by atoms with E-state index in [2.05, 4.69) is 16.4 Å². The van der Waals surface area contributed by atoms with Gasteiger partial charge in [0.15, 0.2) is 0 Å². The third-order valence-corrected chi connectivity index (χ3v) is 2.62. The first-order valence-corrected chi connectivity index (χ1v) is 4.73. The van der Waals surface area contributed by atoms with E-state index < -0.39 is 0 Å². The lowest BCUT2D eigenvalue weighted by Gasteiger charge is -2.06. The molecule has 0 spiro atoms. The summed E-state index contributed by atoms with van der Waals surface area (Å²) >= 11 is 0. The predicted octanol–water partition coefficient (Wildman–Crippen LogP) is 1.34. The molecule has 0 radical (unpaired) electrons. The molecule has 3 aromatic rings. The second kappa shape index (κ2) is 2.94. The molecular weight excluding hydrogens is 202 g/mol. The van der Waals surface area contributed by atoms with Crippen molar-refractivity contribution in [2.75, 3.05) is 5.73 Å². The number of hydrogen-bond acceptors (Lipinski definition) is 4. The average molecular weight is 209 g/mol. The minimum atomic E-state index is 0.328. The summed E-state index contributed by atoms with van der Waals surface area (Å²) in [5.74, 6) is 0.328. The SMILES string of the molecule is N#Cc1c(N)n2nncc2c2ccccc12. The van der Waals surface area contributed by atoms with Crippen molar-refractivity contribution in [2.45, 2.75) is 0 Å². The van der Waals surface area contributed by atoms with Crippen LogP contribution in [0.1, 0.15) is 5.56 Å². The zero-order chi connectivity index (χ0) is 11.1. The van der Waals surface area contributed by atoms with Gasteiger partial charge in [-0.05, 0) is 0 Å². The van der Waals surface area contributed by atoms with Crippen LogP contribution in [0.15, 0.2) is 30.5 Å². The Labute approximate surface area is 90.7 Å². The number of benzene rings is 1. The van der Waals surface area contributed by atoms with Crippen molar-refractivity contribution in [3.05, 3.63) is 36.0 Å². The fourth-order valence-electron chi connectivity index (χ4n) is 1.88. The number of pyridine rings is 1. The van der Waals surface area contributed by atoms with Crippen LogP contribution in [0, 0.1) is 11.3 Å². The summed E-state index contributed by atoms with van der Waals surface area (Å²) < 4.78 is 1.49. The van der Waals surface area contributed by atoms with E-state index in [1.54, 1.807) is 6.20 Å². The molecule has 0 aliphatic carbocycles. The number of nitrogen functional groups attached to an aromatic ring is 1. The van der Waals surface area contributed by atoms with Gasteiger partial charge in [-0.3, -0.25) is 0 Å². The van der Waals surface area contributed by atoms with Crippen molar-refractivity contribution in [3.63, 3.8) is 0 Å². The van der Waals surface area contributed by atoms with E-state index in [0.717, 1.165) is 16.3 Å². The van der Waals surface area contributed by atoms with Gasteiger partial charge in [0.25, 0.3) is 0 Å². The van der Waals surface area contributed by atoms with E-state index in [0.29, 0.717) is 11.4 Å². The first kappa shape index (κ1) is 8.68. The number of aromatic nitrogens is 3. The molecule has 0 bridgehead atoms. The van der Waals surface area contributed by atoms with Crippen LogP contribution in [-0.2, 0) is 0 Å². The van der Waals surface area contributed by atoms with Crippen LogP contribution in [0.4, 0.5) is 5.82 Å². The van der Waals surface area contributed by atoms with Crippen molar-refractivity contribution in [1.82, 2.24) is 14.8 Å². The quantitative estimate of drug-likeness (QED) is 0.605. The topological polar surface area (TPSA) is 80.0 Å². The first-order valence-electron chi connectivity index (χ1n) is 4.73. The van der Waals surface area contributed by atoms with E-state index >= 15 is 0 Å². The van der Waals surface area contributed by atoms with Crippen molar-refractivity contribution in [3.8, 4) is 6.07 Å². The molecule has 0 aliphatic heterocycles. The summed E-state index contributed by atoms with van der Waals surface area (Å²) in [5, 5.41) is 18.6. The molecule has 0 saturated carbocycles. The molecule has 2 N–H and O–H groups in total. The monoisotopic (exact) mass is 209 g/mol. The van der Waals surface area contributed by atoms with Gasteiger partial charge >= 0.3 is 0 Å². The molecule has 0 saturated heterocycles. The van der Waals surface area contributed by atoms with Gasteiger partial charge in [0.05, 0.1) is 11.7 Å². The molecule has 2 aromatic heterocycles. The normalized spacial score (nSPS) is 10.7. The number of fused-ring (bicyclic) bond motifs is 3. The highest BCUT2D eigenvalue weighted by atomic mass is 15.4. The van der Waals surface area contributed by atoms with E-state index in [4.69, 9.17) is 11.0 Å². The smallest absolute Gasteiger partial charge is 0.146 e. The third-order valence-electron chi connectivity index (χ3n) is 2.62. The number of nitrogens with two attached hydrogens (primary N) is 1. The highest BCUT2D eigenvalue weighted by molar-refractivity contribution is 6.01. The molecular formula is C11H7N5. The summed E-state index contributed by atoms with van der Waals surface area (Å²) in [6.45, 7) is 0. The molecule has 16 heavy (non-hydrogen) atoms. The largest absolute Gasteiger partial charge is 0.382 e. The van der Waals surface area contributed by atoms with Crippen molar-refractivity contribution < 1.29 is 0 Å². The standard InChI is InChI=1S/C11H7N5/c12-5-9-7-3-1-2-4-8(7)10-6-14-15-16(10)11(9)13/h1-4,6H,13H2. The van der Waals surface area contributed by atoms with Gasteiger partial charge in [-0.25, -0.2) is 0 Å². The van der Waals surface area contributed by atoms with Gasteiger partial charge in [-0.2, -0.15) is 9.78 Å². The lowest BCUT2D eigenvalue weighted by atomic mass is 10.1. The number of anilines is 1. The van der Waals surface area contributed by atoms with Gasteiger partial charge in [0, 0.05) is 10.8 Å². The maximum Gasteiger partial charge on any atom is 0.146 e. The van der Waals surface area contributed by atoms with Gasteiger partial charge in [0.2, 0.25) is 0 Å². The Morgan fingerprint density at radius 1 is 1.25 bits per heavy atom. The number of rotatable bonds is 0. The molecule has 2 heterocycles. The fraction of sp³-hybridized carbons (Fsp3) is 0. The number of hydrogen-bond donors (Lipinski definition) is 1. The Bertz CT molecular complexity index is 735. The molecule has 0 fully saturated rings. The van der Waals surface area contributed by atoms with Crippen molar-refractivity contribution >= 4 is 22.1 Å². The molecule has 3 rings (SSSR count). The second-order valence-electron chi connectivity index (χ2n) is 3.45. The molecule has 1 aromatic carbocycles. The number of nitriles is 1. The van der Waals surface area contributed by atoms with Crippen LogP contribution < -0.4 is 5.73 Å². The van der Waals surface area contributed by atoms with Crippen LogP contribution in [0.5, 0.6) is 0 Å². The van der Waals surface area contributed by atoms with Crippen LogP contribution >= 0.6 is 0 Å². The zero-order valence-corrected chi connectivity index (χ0v) is 8.25. The Balaban J connectivity index is 2.71. The maximum atomic E-state index is 9.12. The lowest BCUT2D eigenvalue weighted by Crippen LogP contribution is -2.02. The first-order chi connectivity index (χ1) is 7.83. The summed E-state index contributed by atoms with van der Waals surface area (Å²) in [5.41, 5.74) is 7.13. The third kappa shape index (κ3) is 0.929. The highest BCUT2D eigenvalue weighted by Crippen LogP contribution is 2.26. The summed E-state index contributed by atoms with van der Waals surface area (Å²) in [6.07, 6.45) is 1.64. The minimum absolute atomic E-state index is 0.328. The lowest BCUT2D eigenvalue weighted by molar-refractivity contribution is 0.865. The predicted molar refractivity (Wildman–Crippen MR) is 59.6 cm³/mol. The molecule has 5 nitrogen and oxygen atoms in total. The van der Waals surface area contributed by atoms with Crippen LogP contribution in [0.3, 0.4) is 0 Å². The Kier molecular flexibility index (Phi) is 1.59. The summed E-state index contributed by atoms with van der Waals surface area (Å²) in [6, 6.07) is 9.69. The van der Waals surface area contributed by atoms with Crippen LogP contribution in [0.2, 0.25) is 0 Å². The Morgan fingerprint density at radius 2 is 2.00 bits per heavy atom. The van der Waals surface area contributed by atoms with E-state index in [-0.39, 0.29) is 0 Å². The van der Waals surface area contributed by atoms with Gasteiger partial charge in [-0.15, -0.1) is 5.10 Å². The van der Waals surface area contributed by atoms with Gasteiger partial charge in [-0.1, -0.05) is 29.5 Å². The highest BCUT2D eigenvalue weighted by Gasteiger charge is 2.12. The van der Waals surface area contributed by atoms with Crippen molar-refractivity contribution in [2.24, 2.45) is 0 Å². The molecule has 0 unspecified atom stereocenters. The molecule has 0 amide bonds. The van der Waals surface area contributed by atoms with Crippen LogP contribution in [0.25, 0.3) is 16.3 Å². The number of nitrogens with zero attached hydrogens (tertiary/aromatic N) is 4.